The van der Waals surface area contributed by atoms with E-state index in [1.165, 1.54) is 33.5 Å². The quantitative estimate of drug-likeness (QED) is 0.288. The Morgan fingerprint density at radius 1 is 0.725 bits per heavy atom. The minimum absolute atomic E-state index is 0.0778. The van der Waals surface area contributed by atoms with Gasteiger partial charge in [-0.3, -0.25) is 0 Å². The maximum Gasteiger partial charge on any atom is 0.335 e. The lowest BCUT2D eigenvalue weighted by molar-refractivity contribution is 0.0697. The molecule has 2 aliphatic rings. The van der Waals surface area contributed by atoms with E-state index in [9.17, 15) is 9.90 Å². The van der Waals surface area contributed by atoms with Gasteiger partial charge in [0.05, 0.1) is 23.0 Å². The Labute approximate surface area is 237 Å². The molecule has 0 amide bonds. The third-order valence-electron chi connectivity index (χ3n) is 9.34. The van der Waals surface area contributed by atoms with Crippen molar-refractivity contribution < 1.29 is 9.90 Å². The van der Waals surface area contributed by atoms with E-state index in [2.05, 4.69) is 106 Å². The highest BCUT2D eigenvalue weighted by atomic mass is 16.4. The number of hydrogen-bond acceptors (Lipinski definition) is 3. The minimum Gasteiger partial charge on any atom is -0.478 e. The Balaban J connectivity index is 1.62. The summed E-state index contributed by atoms with van der Waals surface area (Å²) in [6.45, 7) is 9.49. The molecule has 4 heteroatoms. The van der Waals surface area contributed by atoms with Gasteiger partial charge in [-0.2, -0.15) is 0 Å². The molecule has 0 saturated heterocycles. The van der Waals surface area contributed by atoms with Crippen LogP contribution in [0, 0.1) is 0 Å². The van der Waals surface area contributed by atoms with E-state index in [1.807, 2.05) is 18.2 Å². The average Bonchev–Trinajstić information content (AvgIpc) is 3.03. The molecule has 1 heterocycles. The Hall–Kier alpha value is -4.05. The molecule has 6 rings (SSSR count). The van der Waals surface area contributed by atoms with Gasteiger partial charge in [-0.05, 0) is 81.8 Å². The highest BCUT2D eigenvalue weighted by molar-refractivity contribution is 5.88. The smallest absolute Gasteiger partial charge is 0.335 e. The standard InChI is InChI=1S/C36H38N2O2/c1-35(2)18-19-36(3,4)29-22-31-27(21-28(29)35)33(24-12-14-25(15-13-24)34(39)40)38(6)32-20-26(16-17-30(32)37(31)5)23-10-8-7-9-11-23/h7-17,20-22,33H,18-19H2,1-6H3,(H,39,40). The van der Waals surface area contributed by atoms with Crippen molar-refractivity contribution in [3.8, 4) is 11.1 Å². The molecule has 1 unspecified atom stereocenters. The van der Waals surface area contributed by atoms with Crippen LogP contribution in [0.15, 0.2) is 84.9 Å². The monoisotopic (exact) mass is 530 g/mol. The number of carboxylic acid groups (broad SMARTS) is 1. The fraction of sp³-hybridized carbons (Fsp3) is 0.306. The van der Waals surface area contributed by atoms with Gasteiger partial charge in [-0.25, -0.2) is 4.79 Å². The van der Waals surface area contributed by atoms with Crippen molar-refractivity contribution in [1.82, 2.24) is 0 Å². The van der Waals surface area contributed by atoms with Gasteiger partial charge < -0.3 is 14.9 Å². The molecule has 0 bridgehead atoms. The fourth-order valence-electron chi connectivity index (χ4n) is 6.72. The van der Waals surface area contributed by atoms with Crippen LogP contribution in [-0.4, -0.2) is 25.2 Å². The van der Waals surface area contributed by atoms with Crippen LogP contribution in [0.25, 0.3) is 11.1 Å². The minimum atomic E-state index is -0.906. The molecule has 0 aromatic heterocycles. The summed E-state index contributed by atoms with van der Waals surface area (Å²) in [4.78, 5) is 16.4. The SMILES string of the molecule is CN1c2cc3c(cc2C(c2ccc(C(=O)O)cc2)N(C)c2cc(-c4ccccc4)ccc21)C(C)(C)CCC3(C)C. The first-order valence-electron chi connectivity index (χ1n) is 14.2. The summed E-state index contributed by atoms with van der Waals surface area (Å²) in [5, 5.41) is 9.57. The number of rotatable bonds is 3. The van der Waals surface area contributed by atoms with Crippen LogP contribution >= 0.6 is 0 Å². The molecule has 0 spiro atoms. The topological polar surface area (TPSA) is 43.8 Å². The van der Waals surface area contributed by atoms with Gasteiger partial charge in [0.1, 0.15) is 0 Å². The molecule has 4 nitrogen and oxygen atoms in total. The van der Waals surface area contributed by atoms with E-state index < -0.39 is 5.97 Å². The highest BCUT2D eigenvalue weighted by Gasteiger charge is 2.40. The molecular formula is C36H38N2O2. The van der Waals surface area contributed by atoms with Gasteiger partial charge in [0.15, 0.2) is 0 Å². The summed E-state index contributed by atoms with van der Waals surface area (Å²) >= 11 is 0. The maximum absolute atomic E-state index is 11.7. The second kappa shape index (κ2) is 9.26. The second-order valence-corrected chi connectivity index (χ2v) is 12.8. The van der Waals surface area contributed by atoms with Gasteiger partial charge >= 0.3 is 5.97 Å². The summed E-state index contributed by atoms with van der Waals surface area (Å²) in [5.74, 6) is -0.906. The number of carboxylic acids is 1. The van der Waals surface area contributed by atoms with Gasteiger partial charge in [0, 0.05) is 25.3 Å². The summed E-state index contributed by atoms with van der Waals surface area (Å²) < 4.78 is 0. The molecule has 40 heavy (non-hydrogen) atoms. The Morgan fingerprint density at radius 2 is 1.35 bits per heavy atom. The third kappa shape index (κ3) is 4.18. The molecule has 0 fully saturated rings. The molecule has 204 valence electrons. The van der Waals surface area contributed by atoms with Crippen LogP contribution in [-0.2, 0) is 10.8 Å². The number of hydrogen-bond donors (Lipinski definition) is 1. The summed E-state index contributed by atoms with van der Waals surface area (Å²) in [6.07, 6.45) is 2.31. The summed E-state index contributed by atoms with van der Waals surface area (Å²) in [5.41, 5.74) is 11.5. The van der Waals surface area contributed by atoms with Crippen LogP contribution in [0.2, 0.25) is 0 Å². The van der Waals surface area contributed by atoms with Crippen molar-refractivity contribution in [3.63, 3.8) is 0 Å². The third-order valence-corrected chi connectivity index (χ3v) is 9.34. The lowest BCUT2D eigenvalue weighted by atomic mass is 9.62. The number of fused-ring (bicyclic) bond motifs is 3. The van der Waals surface area contributed by atoms with Crippen molar-refractivity contribution in [2.24, 2.45) is 0 Å². The highest BCUT2D eigenvalue weighted by Crippen LogP contribution is 2.53. The predicted molar refractivity (Wildman–Crippen MR) is 165 cm³/mol. The molecule has 1 atom stereocenters. The van der Waals surface area contributed by atoms with Crippen LogP contribution < -0.4 is 9.80 Å². The number of benzene rings is 4. The van der Waals surface area contributed by atoms with Crippen LogP contribution in [0.3, 0.4) is 0 Å². The second-order valence-electron chi connectivity index (χ2n) is 12.8. The van der Waals surface area contributed by atoms with Crippen molar-refractivity contribution in [2.45, 2.75) is 57.4 Å². The molecule has 0 saturated carbocycles. The molecule has 4 aromatic carbocycles. The Morgan fingerprint density at radius 3 is 1.98 bits per heavy atom. The zero-order valence-corrected chi connectivity index (χ0v) is 24.3. The van der Waals surface area contributed by atoms with Gasteiger partial charge in [-0.15, -0.1) is 0 Å². The van der Waals surface area contributed by atoms with Crippen molar-refractivity contribution in [1.29, 1.82) is 0 Å². The number of carbonyl (C=O) groups is 1. The van der Waals surface area contributed by atoms with Crippen molar-refractivity contribution in [2.75, 3.05) is 23.9 Å². The van der Waals surface area contributed by atoms with Crippen molar-refractivity contribution in [3.05, 3.63) is 113 Å². The number of aromatic carboxylic acids is 1. The molecule has 0 radical (unpaired) electrons. The first-order valence-corrected chi connectivity index (χ1v) is 14.2. The largest absolute Gasteiger partial charge is 0.478 e. The number of anilines is 3. The Kier molecular flexibility index (Phi) is 6.06. The van der Waals surface area contributed by atoms with Gasteiger partial charge in [-0.1, -0.05) is 82.3 Å². The summed E-state index contributed by atoms with van der Waals surface area (Å²) in [7, 11) is 4.35. The van der Waals surface area contributed by atoms with Crippen molar-refractivity contribution >= 4 is 23.0 Å². The Bertz CT molecular complexity index is 1600. The lowest BCUT2D eigenvalue weighted by Gasteiger charge is -2.43. The van der Waals surface area contributed by atoms with Crippen LogP contribution in [0.4, 0.5) is 17.1 Å². The normalized spacial score (nSPS) is 18.8. The lowest BCUT2D eigenvalue weighted by Crippen LogP contribution is -2.35. The van der Waals surface area contributed by atoms with Crippen LogP contribution in [0.1, 0.15) is 79.2 Å². The molecule has 1 aliphatic carbocycles. The zero-order chi connectivity index (χ0) is 28.4. The summed E-state index contributed by atoms with van der Waals surface area (Å²) in [6, 6.07) is 29.5. The maximum atomic E-state index is 11.7. The fourth-order valence-corrected chi connectivity index (χ4v) is 6.72. The zero-order valence-electron chi connectivity index (χ0n) is 24.3. The number of nitrogens with zero attached hydrogens (tertiary/aromatic N) is 2. The molecular weight excluding hydrogens is 492 g/mol. The van der Waals surface area contributed by atoms with E-state index in [0.717, 1.165) is 29.8 Å². The van der Waals surface area contributed by atoms with E-state index >= 15 is 0 Å². The van der Waals surface area contributed by atoms with Gasteiger partial charge in [0.25, 0.3) is 0 Å². The molecule has 4 aromatic rings. The van der Waals surface area contributed by atoms with E-state index in [4.69, 9.17) is 0 Å². The first-order chi connectivity index (χ1) is 19.0. The van der Waals surface area contributed by atoms with Gasteiger partial charge in [0.2, 0.25) is 0 Å². The molecule has 1 N–H and O–H groups in total. The predicted octanol–water partition coefficient (Wildman–Crippen LogP) is 8.71. The first kappa shape index (κ1) is 26.2. The van der Waals surface area contributed by atoms with E-state index in [1.54, 1.807) is 12.1 Å². The molecule has 1 aliphatic heterocycles. The van der Waals surface area contributed by atoms with Crippen LogP contribution in [0.5, 0.6) is 0 Å². The van der Waals surface area contributed by atoms with E-state index in [0.29, 0.717) is 5.56 Å². The van der Waals surface area contributed by atoms with E-state index in [-0.39, 0.29) is 16.9 Å². The average molecular weight is 531 g/mol.